The molecule has 0 unspecified atom stereocenters. The number of nitrogen functional groups attached to an aromatic ring is 1. The maximum absolute atomic E-state index is 5.30. The molecule has 0 atom stereocenters. The van der Waals surface area contributed by atoms with Gasteiger partial charge in [0.2, 0.25) is 0 Å². The Kier molecular flexibility index (Phi) is 3.89. The molecule has 0 fully saturated rings. The smallest absolute Gasteiger partial charge is 0.188 e. The van der Waals surface area contributed by atoms with Crippen LogP contribution in [0.15, 0.2) is 35.7 Å². The number of nitrogens with two attached hydrogens (primary N) is 1. The van der Waals surface area contributed by atoms with Crippen LogP contribution in [0.2, 0.25) is 0 Å². The van der Waals surface area contributed by atoms with Gasteiger partial charge in [0, 0.05) is 23.8 Å². The van der Waals surface area contributed by atoms with Crippen LogP contribution in [0, 0.1) is 6.92 Å². The molecule has 0 spiro atoms. The summed E-state index contributed by atoms with van der Waals surface area (Å²) in [6.07, 6.45) is 3.49. The fourth-order valence-electron chi connectivity index (χ4n) is 1.29. The standard InChI is InChI=1S/C11H13N5S/c1-8-2-4-14-11(15-8)17-7-9-3-5-13-10(6-9)16-12/h2-6H,7,12H2,1H3,(H,13,16). The molecular formula is C11H13N5S. The zero-order valence-corrected chi connectivity index (χ0v) is 10.2. The van der Waals surface area contributed by atoms with Crippen LogP contribution in [0.1, 0.15) is 11.3 Å². The third-order valence-corrected chi connectivity index (χ3v) is 3.05. The van der Waals surface area contributed by atoms with E-state index in [2.05, 4.69) is 20.4 Å². The molecule has 0 aliphatic rings. The van der Waals surface area contributed by atoms with Crippen LogP contribution in [0.5, 0.6) is 0 Å². The van der Waals surface area contributed by atoms with Gasteiger partial charge in [-0.2, -0.15) is 0 Å². The molecule has 0 saturated heterocycles. The van der Waals surface area contributed by atoms with Gasteiger partial charge in [0.05, 0.1) is 0 Å². The van der Waals surface area contributed by atoms with Gasteiger partial charge in [0.15, 0.2) is 5.16 Å². The Balaban J connectivity index is 2.02. The quantitative estimate of drug-likeness (QED) is 0.371. The molecule has 2 aromatic rings. The van der Waals surface area contributed by atoms with Crippen molar-refractivity contribution in [2.75, 3.05) is 5.43 Å². The third-order valence-electron chi connectivity index (χ3n) is 2.11. The summed E-state index contributed by atoms with van der Waals surface area (Å²) in [6, 6.07) is 5.74. The zero-order valence-electron chi connectivity index (χ0n) is 9.42. The maximum atomic E-state index is 5.30. The summed E-state index contributed by atoms with van der Waals surface area (Å²) in [7, 11) is 0. The largest absolute Gasteiger partial charge is 0.308 e. The lowest BCUT2D eigenvalue weighted by Crippen LogP contribution is -2.08. The Morgan fingerprint density at radius 2 is 2.12 bits per heavy atom. The summed E-state index contributed by atoms with van der Waals surface area (Å²) in [6.45, 7) is 1.95. The minimum Gasteiger partial charge on any atom is -0.308 e. The predicted molar refractivity (Wildman–Crippen MR) is 68.4 cm³/mol. The van der Waals surface area contributed by atoms with Crippen LogP contribution in [-0.2, 0) is 5.75 Å². The Morgan fingerprint density at radius 1 is 1.29 bits per heavy atom. The first-order valence-corrected chi connectivity index (χ1v) is 6.10. The van der Waals surface area contributed by atoms with Crippen molar-refractivity contribution in [2.24, 2.45) is 5.84 Å². The van der Waals surface area contributed by atoms with Crippen molar-refractivity contribution in [3.8, 4) is 0 Å². The van der Waals surface area contributed by atoms with Gasteiger partial charge >= 0.3 is 0 Å². The lowest BCUT2D eigenvalue weighted by Gasteiger charge is -2.03. The summed E-state index contributed by atoms with van der Waals surface area (Å²) in [5.74, 6) is 6.75. The molecule has 88 valence electrons. The number of pyridine rings is 1. The summed E-state index contributed by atoms with van der Waals surface area (Å²) in [5, 5.41) is 0.782. The highest BCUT2D eigenvalue weighted by atomic mass is 32.2. The average Bonchev–Trinajstić information content (AvgIpc) is 2.37. The Morgan fingerprint density at radius 3 is 2.88 bits per heavy atom. The van der Waals surface area contributed by atoms with Gasteiger partial charge in [-0.05, 0) is 30.7 Å². The fourth-order valence-corrected chi connectivity index (χ4v) is 2.11. The van der Waals surface area contributed by atoms with Crippen molar-refractivity contribution >= 4 is 17.6 Å². The van der Waals surface area contributed by atoms with Crippen LogP contribution >= 0.6 is 11.8 Å². The van der Waals surface area contributed by atoms with Gasteiger partial charge in [-0.3, -0.25) is 0 Å². The lowest BCUT2D eigenvalue weighted by molar-refractivity contribution is 0.932. The average molecular weight is 247 g/mol. The van der Waals surface area contributed by atoms with E-state index in [1.54, 1.807) is 24.2 Å². The van der Waals surface area contributed by atoms with E-state index in [-0.39, 0.29) is 0 Å². The normalized spacial score (nSPS) is 10.2. The molecule has 0 aromatic carbocycles. The number of hydrazine groups is 1. The van der Waals surface area contributed by atoms with Crippen molar-refractivity contribution in [1.82, 2.24) is 15.0 Å². The van der Waals surface area contributed by atoms with E-state index in [1.807, 2.05) is 25.1 Å². The van der Waals surface area contributed by atoms with Crippen molar-refractivity contribution in [3.63, 3.8) is 0 Å². The van der Waals surface area contributed by atoms with Gasteiger partial charge in [-0.15, -0.1) is 0 Å². The molecule has 5 nitrogen and oxygen atoms in total. The van der Waals surface area contributed by atoms with Crippen LogP contribution in [0.25, 0.3) is 0 Å². The third kappa shape index (κ3) is 3.40. The number of hydrogen-bond acceptors (Lipinski definition) is 6. The van der Waals surface area contributed by atoms with Crippen LogP contribution < -0.4 is 11.3 Å². The molecule has 2 aromatic heterocycles. The minimum absolute atomic E-state index is 0.660. The number of aryl methyl sites for hydroxylation is 1. The van der Waals surface area contributed by atoms with E-state index in [4.69, 9.17) is 5.84 Å². The van der Waals surface area contributed by atoms with Crippen LogP contribution in [0.4, 0.5) is 5.82 Å². The first-order valence-electron chi connectivity index (χ1n) is 5.12. The molecule has 0 amide bonds. The highest BCUT2D eigenvalue weighted by Gasteiger charge is 2.00. The number of nitrogens with zero attached hydrogens (tertiary/aromatic N) is 3. The summed E-state index contributed by atoms with van der Waals surface area (Å²) in [4.78, 5) is 12.6. The SMILES string of the molecule is Cc1ccnc(SCc2ccnc(NN)c2)n1. The Hall–Kier alpha value is -1.66. The maximum Gasteiger partial charge on any atom is 0.188 e. The highest BCUT2D eigenvalue weighted by molar-refractivity contribution is 7.98. The van der Waals surface area contributed by atoms with E-state index < -0.39 is 0 Å². The first-order chi connectivity index (χ1) is 8.28. The highest BCUT2D eigenvalue weighted by Crippen LogP contribution is 2.19. The first kappa shape index (κ1) is 11.8. The lowest BCUT2D eigenvalue weighted by atomic mass is 10.3. The molecule has 0 bridgehead atoms. The van der Waals surface area contributed by atoms with Crippen LogP contribution in [-0.4, -0.2) is 15.0 Å². The molecule has 3 N–H and O–H groups in total. The molecule has 0 aliphatic heterocycles. The van der Waals surface area contributed by atoms with E-state index in [0.717, 1.165) is 22.2 Å². The van der Waals surface area contributed by atoms with Crippen molar-refractivity contribution in [2.45, 2.75) is 17.8 Å². The van der Waals surface area contributed by atoms with Crippen molar-refractivity contribution in [1.29, 1.82) is 0 Å². The van der Waals surface area contributed by atoms with E-state index >= 15 is 0 Å². The summed E-state index contributed by atoms with van der Waals surface area (Å²) in [5.41, 5.74) is 4.62. The van der Waals surface area contributed by atoms with Gasteiger partial charge in [0.1, 0.15) is 5.82 Å². The zero-order chi connectivity index (χ0) is 12.1. The molecule has 6 heteroatoms. The number of hydrogen-bond donors (Lipinski definition) is 2. The minimum atomic E-state index is 0.660. The number of nitrogens with one attached hydrogen (secondary N) is 1. The molecule has 2 rings (SSSR count). The molecule has 0 saturated carbocycles. The van der Waals surface area contributed by atoms with E-state index in [9.17, 15) is 0 Å². The molecule has 0 radical (unpaired) electrons. The Bertz CT molecular complexity index is 503. The fraction of sp³-hybridized carbons (Fsp3) is 0.182. The molecule has 0 aliphatic carbocycles. The number of thioether (sulfide) groups is 1. The monoisotopic (exact) mass is 247 g/mol. The van der Waals surface area contributed by atoms with Gasteiger partial charge < -0.3 is 5.43 Å². The second-order valence-corrected chi connectivity index (χ2v) is 4.41. The van der Waals surface area contributed by atoms with Crippen molar-refractivity contribution < 1.29 is 0 Å². The predicted octanol–water partition coefficient (Wildman–Crippen LogP) is 1.76. The molecule has 17 heavy (non-hydrogen) atoms. The number of aromatic nitrogens is 3. The van der Waals surface area contributed by atoms with E-state index in [1.165, 1.54) is 0 Å². The second-order valence-electron chi connectivity index (χ2n) is 3.46. The van der Waals surface area contributed by atoms with Crippen molar-refractivity contribution in [3.05, 3.63) is 41.9 Å². The van der Waals surface area contributed by atoms with Gasteiger partial charge in [0.25, 0.3) is 0 Å². The number of rotatable bonds is 4. The topological polar surface area (TPSA) is 76.7 Å². The van der Waals surface area contributed by atoms with E-state index in [0.29, 0.717) is 5.82 Å². The Labute approximate surface area is 104 Å². The molecular weight excluding hydrogens is 234 g/mol. The van der Waals surface area contributed by atoms with Gasteiger partial charge in [-0.25, -0.2) is 20.8 Å². The second kappa shape index (κ2) is 5.60. The molecule has 2 heterocycles. The summed E-state index contributed by atoms with van der Waals surface area (Å²) < 4.78 is 0. The van der Waals surface area contributed by atoms with Crippen LogP contribution in [0.3, 0.4) is 0 Å². The summed E-state index contributed by atoms with van der Waals surface area (Å²) >= 11 is 1.59. The van der Waals surface area contributed by atoms with Gasteiger partial charge in [-0.1, -0.05) is 11.8 Å². The number of anilines is 1.